The fraction of sp³-hybridized carbons (Fsp3) is 0.957. The molecule has 3 aliphatic rings. The highest BCUT2D eigenvalue weighted by atomic mass is 35.5. The maximum Gasteiger partial charge on any atom is 0.404 e. The van der Waals surface area contributed by atoms with Crippen LogP contribution in [0, 0.1) is 29.6 Å². The third-order valence-corrected chi connectivity index (χ3v) is 8.39. The van der Waals surface area contributed by atoms with Gasteiger partial charge in [0.15, 0.2) is 0 Å². The molecule has 2 aliphatic carbocycles. The van der Waals surface area contributed by atoms with Crippen LogP contribution in [0.4, 0.5) is 30.7 Å². The highest BCUT2D eigenvalue weighted by molar-refractivity contribution is 6.20. The Hall–Kier alpha value is -0.770. The average Bonchev–Trinajstić information content (AvgIpc) is 2.77. The Kier molecular flexibility index (Phi) is 9.43. The molecule has 2 saturated carbocycles. The van der Waals surface area contributed by atoms with Gasteiger partial charge in [-0.3, -0.25) is 10.1 Å². The molecule has 1 N–H and O–H groups in total. The van der Waals surface area contributed by atoms with E-state index in [2.05, 4.69) is 0 Å². The number of carbonyl (C=O) groups excluding carboxylic acids is 1. The number of ether oxygens (including phenoxy) is 1. The van der Waals surface area contributed by atoms with Crippen LogP contribution in [0.5, 0.6) is 0 Å². The number of nitrogens with one attached hydrogen (secondary N) is 1. The second-order valence-electron chi connectivity index (χ2n) is 9.95. The second-order valence-corrected chi connectivity index (χ2v) is 10.6. The predicted molar refractivity (Wildman–Crippen MR) is 113 cm³/mol. The maximum atomic E-state index is 16.1. The summed E-state index contributed by atoms with van der Waals surface area (Å²) in [6.07, 6.45) is -9.38. The molecule has 3 nitrogen and oxygen atoms in total. The van der Waals surface area contributed by atoms with E-state index >= 15 is 4.39 Å². The molecule has 0 aromatic heterocycles. The normalized spacial score (nSPS) is 40.7. The second kappa shape index (κ2) is 11.5. The first-order valence-electron chi connectivity index (χ1n) is 12.1. The van der Waals surface area contributed by atoms with E-state index in [1.807, 2.05) is 5.32 Å². The zero-order chi connectivity index (χ0) is 25.2. The maximum absolute atomic E-state index is 16.1. The molecule has 1 aliphatic heterocycles. The van der Waals surface area contributed by atoms with Crippen LogP contribution in [0.2, 0.25) is 0 Å². The van der Waals surface area contributed by atoms with Crippen molar-refractivity contribution in [3.63, 3.8) is 0 Å². The number of hydrogen-bond acceptors (Lipinski definition) is 3. The van der Waals surface area contributed by atoms with Gasteiger partial charge in [0, 0.05) is 11.3 Å². The molecule has 34 heavy (non-hydrogen) atoms. The van der Waals surface area contributed by atoms with E-state index < -0.39 is 72.6 Å². The lowest BCUT2D eigenvalue weighted by atomic mass is 9.59. The Morgan fingerprint density at radius 2 is 1.62 bits per heavy atom. The minimum Gasteiger partial charge on any atom is -0.466 e. The van der Waals surface area contributed by atoms with Gasteiger partial charge in [-0.25, -0.2) is 17.6 Å². The van der Waals surface area contributed by atoms with E-state index in [0.717, 1.165) is 0 Å². The molecule has 11 heteroatoms. The number of hydrogen-bond donors (Lipinski definition) is 1. The van der Waals surface area contributed by atoms with Gasteiger partial charge in [0.1, 0.15) is 18.4 Å². The Morgan fingerprint density at radius 1 is 1.03 bits per heavy atom. The lowest BCUT2D eigenvalue weighted by molar-refractivity contribution is -0.213. The summed E-state index contributed by atoms with van der Waals surface area (Å²) in [4.78, 5) is 12.9. The van der Waals surface area contributed by atoms with Gasteiger partial charge in [-0.15, -0.1) is 11.6 Å². The summed E-state index contributed by atoms with van der Waals surface area (Å²) in [5, 5.41) is 1.77. The van der Waals surface area contributed by atoms with Crippen molar-refractivity contribution < 1.29 is 40.3 Å². The molecule has 0 amide bonds. The number of alkyl halides is 8. The molecule has 6 atom stereocenters. The summed E-state index contributed by atoms with van der Waals surface area (Å²) in [6, 6.07) is -4.69. The van der Waals surface area contributed by atoms with Gasteiger partial charge in [-0.05, 0) is 76.0 Å². The summed E-state index contributed by atoms with van der Waals surface area (Å²) in [5.74, 6) is -7.29. The van der Waals surface area contributed by atoms with Crippen LogP contribution in [0.25, 0.3) is 0 Å². The number of esters is 1. The van der Waals surface area contributed by atoms with Crippen molar-refractivity contribution in [3.05, 3.63) is 0 Å². The zero-order valence-electron chi connectivity index (χ0n) is 19.1. The Labute approximate surface area is 200 Å². The molecule has 6 unspecified atom stereocenters. The van der Waals surface area contributed by atoms with Crippen LogP contribution in [0.3, 0.4) is 0 Å². The molecular formula is C23H33ClF7NO2. The zero-order valence-corrected chi connectivity index (χ0v) is 19.8. The highest BCUT2D eigenvalue weighted by Crippen LogP contribution is 2.51. The van der Waals surface area contributed by atoms with Crippen molar-refractivity contribution in [2.24, 2.45) is 29.6 Å². The molecule has 1 saturated heterocycles. The third kappa shape index (κ3) is 6.13. The van der Waals surface area contributed by atoms with E-state index in [-0.39, 0.29) is 37.7 Å². The molecule has 0 spiro atoms. The van der Waals surface area contributed by atoms with E-state index in [9.17, 15) is 31.1 Å². The third-order valence-electron chi connectivity index (χ3n) is 7.95. The molecule has 3 fully saturated rings. The van der Waals surface area contributed by atoms with E-state index in [4.69, 9.17) is 16.3 Å². The molecule has 3 rings (SSSR count). The van der Waals surface area contributed by atoms with E-state index in [0.29, 0.717) is 25.7 Å². The molecule has 0 aromatic rings. The smallest absolute Gasteiger partial charge is 0.404 e. The van der Waals surface area contributed by atoms with Crippen LogP contribution < -0.4 is 5.32 Å². The van der Waals surface area contributed by atoms with Gasteiger partial charge < -0.3 is 4.74 Å². The largest absolute Gasteiger partial charge is 0.466 e. The van der Waals surface area contributed by atoms with Crippen molar-refractivity contribution in [2.75, 3.05) is 6.61 Å². The standard InChI is InChI=1S/C23H33ClF7NO2/c1-2-34-22(33)17-15(11-5-9-14(25)10-6-11)16(18(26)12-3-7-13(24)8-4-12)19(21(27)28)32-20(17)23(29,30)31/h11-21,32H,2-10H2,1H3. The molecule has 0 radical (unpaired) electrons. The first kappa shape index (κ1) is 27.8. The van der Waals surface area contributed by atoms with Crippen molar-refractivity contribution >= 4 is 17.6 Å². The number of carbonyl (C=O) groups is 1. The van der Waals surface area contributed by atoms with Gasteiger partial charge in [-0.2, -0.15) is 13.2 Å². The van der Waals surface area contributed by atoms with Crippen LogP contribution in [-0.2, 0) is 9.53 Å². The molecule has 198 valence electrons. The SMILES string of the molecule is CCOC(=O)C1C(C2CCC(F)CC2)C(C(F)C2CCC(Cl)CC2)C(C(F)F)NC1C(F)(F)F. The van der Waals surface area contributed by atoms with Crippen molar-refractivity contribution in [3.8, 4) is 0 Å². The highest BCUT2D eigenvalue weighted by Gasteiger charge is 2.62. The fourth-order valence-electron chi connectivity index (χ4n) is 6.39. The fourth-order valence-corrected chi connectivity index (χ4v) is 6.64. The minimum absolute atomic E-state index is 0.0429. The molecule has 0 bridgehead atoms. The van der Waals surface area contributed by atoms with Gasteiger partial charge in [0.05, 0.1) is 18.6 Å². The summed E-state index contributed by atoms with van der Waals surface area (Å²) in [7, 11) is 0. The van der Waals surface area contributed by atoms with Crippen molar-refractivity contribution in [1.29, 1.82) is 0 Å². The van der Waals surface area contributed by atoms with Gasteiger partial charge in [0.25, 0.3) is 6.43 Å². The first-order valence-corrected chi connectivity index (χ1v) is 12.6. The Morgan fingerprint density at radius 3 is 2.12 bits per heavy atom. The summed E-state index contributed by atoms with van der Waals surface area (Å²) < 4.78 is 106. The van der Waals surface area contributed by atoms with Crippen LogP contribution in [-0.4, -0.2) is 55.0 Å². The Bertz CT molecular complexity index is 666. The number of piperidine rings is 1. The molecule has 1 heterocycles. The number of halogens is 8. The van der Waals surface area contributed by atoms with E-state index in [1.165, 1.54) is 6.92 Å². The van der Waals surface area contributed by atoms with Crippen LogP contribution in [0.1, 0.15) is 58.3 Å². The van der Waals surface area contributed by atoms with Crippen LogP contribution in [0.15, 0.2) is 0 Å². The average molecular weight is 524 g/mol. The Balaban J connectivity index is 2.06. The summed E-state index contributed by atoms with van der Waals surface area (Å²) in [6.45, 7) is 1.23. The minimum atomic E-state index is -5.03. The summed E-state index contributed by atoms with van der Waals surface area (Å²) >= 11 is 6.11. The quantitative estimate of drug-likeness (QED) is 0.255. The van der Waals surface area contributed by atoms with Crippen LogP contribution >= 0.6 is 11.6 Å². The molecular weight excluding hydrogens is 491 g/mol. The van der Waals surface area contributed by atoms with Gasteiger partial charge in [-0.1, -0.05) is 0 Å². The van der Waals surface area contributed by atoms with E-state index in [1.54, 1.807) is 0 Å². The lowest BCUT2D eigenvalue weighted by Crippen LogP contribution is -2.69. The lowest BCUT2D eigenvalue weighted by Gasteiger charge is -2.52. The topological polar surface area (TPSA) is 38.3 Å². The van der Waals surface area contributed by atoms with Crippen molar-refractivity contribution in [2.45, 2.75) is 101 Å². The monoisotopic (exact) mass is 523 g/mol. The number of rotatable bonds is 6. The summed E-state index contributed by atoms with van der Waals surface area (Å²) in [5.41, 5.74) is 0. The molecule has 0 aromatic carbocycles. The van der Waals surface area contributed by atoms with Gasteiger partial charge >= 0.3 is 12.1 Å². The first-order chi connectivity index (χ1) is 16.0. The predicted octanol–water partition coefficient (Wildman–Crippen LogP) is 6.23. The van der Waals surface area contributed by atoms with Crippen molar-refractivity contribution in [1.82, 2.24) is 5.32 Å². The van der Waals surface area contributed by atoms with Gasteiger partial charge in [0.2, 0.25) is 0 Å².